The van der Waals surface area contributed by atoms with Gasteiger partial charge in [-0.25, -0.2) is 0 Å². The molecule has 0 saturated carbocycles. The Kier molecular flexibility index (Phi) is 9.31. The molecule has 2 aromatic carbocycles. The Morgan fingerprint density at radius 1 is 1.05 bits per heavy atom. The highest BCUT2D eigenvalue weighted by molar-refractivity contribution is 8.18. The van der Waals surface area contributed by atoms with Crippen LogP contribution in [0, 0.1) is 0 Å². The van der Waals surface area contributed by atoms with Gasteiger partial charge in [0, 0.05) is 25.2 Å². The second-order valence-electron chi connectivity index (χ2n) is 8.77. The third kappa shape index (κ3) is 7.70. The van der Waals surface area contributed by atoms with Gasteiger partial charge in [0.2, 0.25) is 0 Å². The highest BCUT2D eigenvalue weighted by Gasteiger charge is 2.38. The SMILES string of the molecule is COc1cc(C=C2SC(=NCCN3CCOCC3)NC2=O)ccc1OCc1ccc(C(F)(F)F)cc1C(F)(F)F. The number of benzene rings is 2. The smallest absolute Gasteiger partial charge is 0.416 e. The van der Waals surface area contributed by atoms with E-state index in [2.05, 4.69) is 15.2 Å². The van der Waals surface area contributed by atoms with E-state index in [1.807, 2.05) is 0 Å². The molecule has 0 aromatic heterocycles. The van der Waals surface area contributed by atoms with Crippen molar-refractivity contribution in [1.29, 1.82) is 0 Å². The minimum Gasteiger partial charge on any atom is -0.493 e. The molecule has 0 bridgehead atoms. The second kappa shape index (κ2) is 12.5. The molecular weight excluding hydrogens is 564 g/mol. The lowest BCUT2D eigenvalue weighted by atomic mass is 10.0. The lowest BCUT2D eigenvalue weighted by Gasteiger charge is -2.25. The Balaban J connectivity index is 1.43. The number of thioether (sulfide) groups is 1. The lowest BCUT2D eigenvalue weighted by Crippen LogP contribution is -2.37. The topological polar surface area (TPSA) is 72.4 Å². The van der Waals surface area contributed by atoms with Crippen LogP contribution in [0.15, 0.2) is 46.3 Å². The predicted molar refractivity (Wildman–Crippen MR) is 137 cm³/mol. The number of carbonyl (C=O) groups excluding carboxylic acids is 1. The molecule has 0 spiro atoms. The van der Waals surface area contributed by atoms with Crippen molar-refractivity contribution < 1.29 is 45.3 Å². The van der Waals surface area contributed by atoms with Gasteiger partial charge in [0.05, 0.1) is 42.9 Å². The van der Waals surface area contributed by atoms with Crippen molar-refractivity contribution in [3.8, 4) is 11.5 Å². The molecule has 0 aliphatic carbocycles. The van der Waals surface area contributed by atoms with Crippen LogP contribution in [-0.4, -0.2) is 62.5 Å². The molecule has 2 fully saturated rings. The van der Waals surface area contributed by atoms with Crippen molar-refractivity contribution in [2.45, 2.75) is 19.0 Å². The average Bonchev–Trinajstić information content (AvgIpc) is 3.25. The summed E-state index contributed by atoms with van der Waals surface area (Å²) in [6.07, 6.45) is -8.32. The number of alkyl halides is 6. The third-order valence-corrected chi connectivity index (χ3v) is 6.99. The van der Waals surface area contributed by atoms with Gasteiger partial charge in [-0.1, -0.05) is 12.1 Å². The first kappa shape index (κ1) is 29.7. The van der Waals surface area contributed by atoms with E-state index >= 15 is 0 Å². The van der Waals surface area contributed by atoms with Gasteiger partial charge in [0.25, 0.3) is 5.91 Å². The van der Waals surface area contributed by atoms with Crippen molar-refractivity contribution in [2.75, 3.05) is 46.5 Å². The molecule has 1 amide bonds. The minimum atomic E-state index is -5.01. The van der Waals surface area contributed by atoms with Gasteiger partial charge in [-0.3, -0.25) is 14.7 Å². The summed E-state index contributed by atoms with van der Waals surface area (Å²) >= 11 is 1.18. The normalized spacial score (nSPS) is 18.8. The maximum atomic E-state index is 13.4. The molecule has 0 radical (unpaired) electrons. The standard InChI is InChI=1S/C26H25F6N3O4S/c1-37-21-12-16(13-22-23(36)34-24(40-22)33-6-7-35-8-10-38-11-9-35)2-5-20(21)39-15-17-3-4-18(25(27,28)29)14-19(17)26(30,31)32/h2-5,12-14H,6-11,15H2,1H3,(H,33,34,36). The maximum Gasteiger partial charge on any atom is 0.416 e. The van der Waals surface area contributed by atoms with Crippen molar-refractivity contribution >= 4 is 28.9 Å². The molecule has 216 valence electrons. The number of methoxy groups -OCH3 is 1. The number of carbonyl (C=O) groups is 1. The molecule has 0 atom stereocenters. The second-order valence-corrected chi connectivity index (χ2v) is 9.80. The Morgan fingerprint density at radius 2 is 1.80 bits per heavy atom. The third-order valence-electron chi connectivity index (χ3n) is 6.04. The van der Waals surface area contributed by atoms with E-state index in [4.69, 9.17) is 14.2 Å². The summed E-state index contributed by atoms with van der Waals surface area (Å²) in [5.74, 6) is -0.0828. The number of hydrogen-bond donors (Lipinski definition) is 1. The zero-order valence-corrected chi connectivity index (χ0v) is 22.0. The number of morpholine rings is 1. The quantitative estimate of drug-likeness (QED) is 0.337. The predicted octanol–water partition coefficient (Wildman–Crippen LogP) is 5.20. The lowest BCUT2D eigenvalue weighted by molar-refractivity contribution is -0.143. The Hall–Kier alpha value is -3.23. The molecular formula is C26H25F6N3O4S. The average molecular weight is 590 g/mol. The van der Waals surface area contributed by atoms with Gasteiger partial charge in [-0.05, 0) is 47.7 Å². The van der Waals surface area contributed by atoms with Crippen molar-refractivity contribution in [1.82, 2.24) is 10.2 Å². The van der Waals surface area contributed by atoms with Crippen LogP contribution in [-0.2, 0) is 28.5 Å². The van der Waals surface area contributed by atoms with Crippen LogP contribution in [0.1, 0.15) is 22.3 Å². The van der Waals surface area contributed by atoms with Crippen LogP contribution in [0.5, 0.6) is 11.5 Å². The zero-order valence-electron chi connectivity index (χ0n) is 21.2. The minimum absolute atomic E-state index is 0.0652. The van der Waals surface area contributed by atoms with Crippen LogP contribution < -0.4 is 14.8 Å². The first-order valence-electron chi connectivity index (χ1n) is 12.1. The zero-order chi connectivity index (χ0) is 28.9. The molecule has 7 nitrogen and oxygen atoms in total. The molecule has 1 N–H and O–H groups in total. The number of halogens is 6. The molecule has 2 aliphatic rings. The molecule has 2 aliphatic heterocycles. The summed E-state index contributed by atoms with van der Waals surface area (Å²) in [6, 6.07) is 5.93. The maximum absolute atomic E-state index is 13.4. The molecule has 0 unspecified atom stereocenters. The van der Waals surface area contributed by atoms with E-state index in [9.17, 15) is 31.1 Å². The van der Waals surface area contributed by atoms with Crippen LogP contribution in [0.3, 0.4) is 0 Å². The van der Waals surface area contributed by atoms with Crippen LogP contribution >= 0.6 is 11.8 Å². The van der Waals surface area contributed by atoms with E-state index < -0.39 is 35.6 Å². The summed E-state index contributed by atoms with van der Waals surface area (Å²) in [4.78, 5) is 19.5. The van der Waals surface area contributed by atoms with Gasteiger partial charge >= 0.3 is 12.4 Å². The Bertz CT molecular complexity index is 1290. The van der Waals surface area contributed by atoms with Crippen LogP contribution in [0.2, 0.25) is 0 Å². The fraction of sp³-hybridized carbons (Fsp3) is 0.385. The van der Waals surface area contributed by atoms with E-state index in [1.165, 1.54) is 31.0 Å². The van der Waals surface area contributed by atoms with Gasteiger partial charge in [0.15, 0.2) is 16.7 Å². The van der Waals surface area contributed by atoms with Crippen molar-refractivity contribution in [2.24, 2.45) is 4.99 Å². The van der Waals surface area contributed by atoms with Crippen LogP contribution in [0.4, 0.5) is 26.3 Å². The number of amidine groups is 1. The summed E-state index contributed by atoms with van der Waals surface area (Å²) in [7, 11) is 1.33. The fourth-order valence-corrected chi connectivity index (χ4v) is 4.81. The number of ether oxygens (including phenoxy) is 3. The fourth-order valence-electron chi connectivity index (χ4n) is 3.96. The molecule has 40 heavy (non-hydrogen) atoms. The molecule has 2 saturated heterocycles. The first-order valence-corrected chi connectivity index (χ1v) is 12.9. The number of hydrogen-bond acceptors (Lipinski definition) is 7. The van der Waals surface area contributed by atoms with E-state index in [0.717, 1.165) is 25.7 Å². The Labute approximate surface area is 230 Å². The first-order chi connectivity index (χ1) is 18.9. The summed E-state index contributed by atoms with van der Waals surface area (Å²) in [5.41, 5.74) is -2.75. The molecule has 14 heteroatoms. The number of nitrogens with zero attached hydrogens (tertiary/aromatic N) is 2. The van der Waals surface area contributed by atoms with Gasteiger partial charge in [-0.15, -0.1) is 0 Å². The largest absolute Gasteiger partial charge is 0.493 e. The Morgan fingerprint density at radius 3 is 2.48 bits per heavy atom. The van der Waals surface area contributed by atoms with Crippen molar-refractivity contribution in [3.05, 3.63) is 63.6 Å². The molecule has 2 aromatic rings. The monoisotopic (exact) mass is 589 g/mol. The molecule has 2 heterocycles. The highest BCUT2D eigenvalue weighted by atomic mass is 32.2. The van der Waals surface area contributed by atoms with Gasteiger partial charge < -0.3 is 19.5 Å². The number of rotatable bonds is 8. The number of aliphatic imine (C=N–C) groups is 1. The van der Waals surface area contributed by atoms with Gasteiger partial charge in [-0.2, -0.15) is 26.3 Å². The number of nitrogens with one attached hydrogen (secondary N) is 1. The highest BCUT2D eigenvalue weighted by Crippen LogP contribution is 2.38. The van der Waals surface area contributed by atoms with E-state index in [0.29, 0.717) is 41.5 Å². The number of amides is 1. The summed E-state index contributed by atoms with van der Waals surface area (Å²) in [5, 5.41) is 3.20. The van der Waals surface area contributed by atoms with E-state index in [-0.39, 0.29) is 23.5 Å². The molecule has 4 rings (SSSR count). The van der Waals surface area contributed by atoms with Crippen LogP contribution in [0.25, 0.3) is 6.08 Å². The van der Waals surface area contributed by atoms with Gasteiger partial charge in [0.1, 0.15) is 6.61 Å². The van der Waals surface area contributed by atoms with E-state index in [1.54, 1.807) is 12.1 Å². The summed E-state index contributed by atoms with van der Waals surface area (Å²) < 4.78 is 95.2. The summed E-state index contributed by atoms with van der Waals surface area (Å²) in [6.45, 7) is 3.67. The van der Waals surface area contributed by atoms with Crippen molar-refractivity contribution in [3.63, 3.8) is 0 Å².